The van der Waals surface area contributed by atoms with Gasteiger partial charge >= 0.3 is 5.97 Å². The van der Waals surface area contributed by atoms with E-state index in [2.05, 4.69) is 29.0 Å². The van der Waals surface area contributed by atoms with Crippen LogP contribution in [0.3, 0.4) is 0 Å². The molecule has 1 fully saturated rings. The second kappa shape index (κ2) is 14.7. The number of hydrogen-bond acceptors (Lipinski definition) is 7. The molecule has 0 spiro atoms. The summed E-state index contributed by atoms with van der Waals surface area (Å²) in [4.78, 5) is 24.8. The molecule has 5 rings (SSSR count). The minimum Gasteiger partial charge on any atom is -0.493 e. The minimum absolute atomic E-state index is 0.181. The molecule has 1 saturated heterocycles. The van der Waals surface area contributed by atoms with Gasteiger partial charge in [0.05, 0.1) is 30.1 Å². The molecule has 9 heteroatoms. The molecule has 1 unspecified atom stereocenters. The molecule has 0 aliphatic carbocycles. The van der Waals surface area contributed by atoms with Gasteiger partial charge in [0.25, 0.3) is 0 Å². The first kappa shape index (κ1) is 34.8. The summed E-state index contributed by atoms with van der Waals surface area (Å²) < 4.78 is 25.6. The zero-order valence-electron chi connectivity index (χ0n) is 28.8. The summed E-state index contributed by atoms with van der Waals surface area (Å²) in [6.45, 7) is 14.4. The van der Waals surface area contributed by atoms with E-state index in [1.165, 1.54) is 12.1 Å². The number of nitrogens with one attached hydrogen (secondary N) is 1. The van der Waals surface area contributed by atoms with Crippen LogP contribution >= 0.6 is 0 Å². The maximum absolute atomic E-state index is 13.3. The lowest BCUT2D eigenvalue weighted by atomic mass is 9.82. The van der Waals surface area contributed by atoms with Crippen molar-refractivity contribution in [1.82, 2.24) is 9.97 Å². The van der Waals surface area contributed by atoms with Crippen LogP contribution < -0.4 is 15.0 Å². The molecule has 8 nitrogen and oxygen atoms in total. The lowest BCUT2D eigenvalue weighted by Crippen LogP contribution is -2.39. The summed E-state index contributed by atoms with van der Waals surface area (Å²) in [7, 11) is 0. The van der Waals surface area contributed by atoms with Gasteiger partial charge < -0.3 is 24.8 Å². The Morgan fingerprint density at radius 1 is 1.04 bits per heavy atom. The van der Waals surface area contributed by atoms with Crippen molar-refractivity contribution in [1.29, 1.82) is 0 Å². The Labute approximate surface area is 283 Å². The van der Waals surface area contributed by atoms with Gasteiger partial charge in [0.15, 0.2) is 6.10 Å². The van der Waals surface area contributed by atoms with Crippen molar-refractivity contribution in [2.24, 2.45) is 5.41 Å². The third-order valence-corrected chi connectivity index (χ3v) is 8.67. The van der Waals surface area contributed by atoms with E-state index in [4.69, 9.17) is 14.5 Å². The number of aliphatic carboxylic acids is 1. The number of piperidine rings is 1. The highest BCUT2D eigenvalue weighted by atomic mass is 19.1. The third-order valence-electron chi connectivity index (χ3n) is 8.67. The molecule has 1 aliphatic rings. The summed E-state index contributed by atoms with van der Waals surface area (Å²) in [5.41, 5.74) is 5.00. The van der Waals surface area contributed by atoms with E-state index in [9.17, 15) is 14.3 Å². The molecule has 0 amide bonds. The summed E-state index contributed by atoms with van der Waals surface area (Å²) in [6, 6.07) is 20.1. The highest BCUT2D eigenvalue weighted by Gasteiger charge is 2.37. The Morgan fingerprint density at radius 3 is 2.33 bits per heavy atom. The Hall–Kier alpha value is -4.50. The van der Waals surface area contributed by atoms with Crippen molar-refractivity contribution in [2.45, 2.75) is 79.1 Å². The summed E-state index contributed by atoms with van der Waals surface area (Å²) in [6.07, 6.45) is 3.11. The van der Waals surface area contributed by atoms with Crippen molar-refractivity contribution >= 4 is 17.5 Å². The molecule has 0 saturated carbocycles. The van der Waals surface area contributed by atoms with E-state index in [0.717, 1.165) is 54.0 Å². The molecule has 1 aliphatic heterocycles. The highest BCUT2D eigenvalue weighted by Crippen LogP contribution is 2.46. The second-order valence-corrected chi connectivity index (χ2v) is 14.2. The molecule has 0 bridgehead atoms. The zero-order valence-corrected chi connectivity index (χ0v) is 28.8. The highest BCUT2D eigenvalue weighted by molar-refractivity contribution is 5.92. The van der Waals surface area contributed by atoms with E-state index in [0.29, 0.717) is 42.4 Å². The first-order chi connectivity index (χ1) is 22.8. The number of carboxylic acids is 1. The number of aromatic nitrogens is 2. The first-order valence-electron chi connectivity index (χ1n) is 16.6. The molecule has 3 heterocycles. The molecule has 254 valence electrons. The predicted octanol–water partition coefficient (Wildman–Crippen LogP) is 8.39. The Kier molecular flexibility index (Phi) is 10.7. The molecule has 48 heavy (non-hydrogen) atoms. The first-order valence-corrected chi connectivity index (χ1v) is 16.6. The number of halogens is 1. The quantitative estimate of drug-likeness (QED) is 0.157. The van der Waals surface area contributed by atoms with Gasteiger partial charge in [-0.3, -0.25) is 4.98 Å². The largest absolute Gasteiger partial charge is 0.493 e. The topological polar surface area (TPSA) is 96.8 Å². The number of aryl methyl sites for hydroxylation is 1. The van der Waals surface area contributed by atoms with E-state index >= 15 is 0 Å². The third kappa shape index (κ3) is 8.89. The summed E-state index contributed by atoms with van der Waals surface area (Å²) in [5.74, 6) is 0.0279. The van der Waals surface area contributed by atoms with Crippen LogP contribution in [0.25, 0.3) is 11.1 Å². The number of rotatable bonds is 12. The fourth-order valence-corrected chi connectivity index (χ4v) is 6.00. The Bertz CT molecular complexity index is 1680. The number of carboxylic acid groups (broad SMARTS) is 1. The van der Waals surface area contributed by atoms with Gasteiger partial charge in [0, 0.05) is 42.5 Å². The van der Waals surface area contributed by atoms with Crippen LogP contribution in [0.2, 0.25) is 0 Å². The smallest absolute Gasteiger partial charge is 0.337 e. The van der Waals surface area contributed by atoms with Gasteiger partial charge in [-0.05, 0) is 93.5 Å². The summed E-state index contributed by atoms with van der Waals surface area (Å²) in [5, 5.41) is 14.1. The van der Waals surface area contributed by atoms with Crippen molar-refractivity contribution in [3.63, 3.8) is 0 Å². The maximum Gasteiger partial charge on any atom is 0.337 e. The molecule has 2 aromatic carbocycles. The van der Waals surface area contributed by atoms with Gasteiger partial charge in [-0.15, -0.1) is 0 Å². The van der Waals surface area contributed by atoms with Crippen molar-refractivity contribution in [2.75, 3.05) is 29.9 Å². The predicted molar refractivity (Wildman–Crippen MR) is 188 cm³/mol. The van der Waals surface area contributed by atoms with Crippen LogP contribution in [-0.2, 0) is 22.5 Å². The van der Waals surface area contributed by atoms with E-state index < -0.39 is 17.7 Å². The average Bonchev–Trinajstić information content (AvgIpc) is 3.04. The summed E-state index contributed by atoms with van der Waals surface area (Å²) >= 11 is 0. The number of benzene rings is 2. The normalized spacial score (nSPS) is 15.2. The van der Waals surface area contributed by atoms with Crippen LogP contribution in [0.5, 0.6) is 5.75 Å². The number of pyridine rings is 2. The zero-order chi connectivity index (χ0) is 34.5. The molecule has 4 aromatic rings. The van der Waals surface area contributed by atoms with Crippen LogP contribution in [0.4, 0.5) is 15.9 Å². The second-order valence-electron chi connectivity index (χ2n) is 14.2. The lowest BCUT2D eigenvalue weighted by Gasteiger charge is -2.41. The van der Waals surface area contributed by atoms with Gasteiger partial charge in [0.2, 0.25) is 0 Å². The fraction of sp³-hybridized carbons (Fsp3) is 0.410. The van der Waals surface area contributed by atoms with Crippen molar-refractivity contribution in [3.05, 3.63) is 101 Å². The maximum atomic E-state index is 13.3. The number of hydrogen-bond donors (Lipinski definition) is 2. The molecule has 0 radical (unpaired) electrons. The van der Waals surface area contributed by atoms with Crippen LogP contribution in [0.15, 0.2) is 72.9 Å². The van der Waals surface area contributed by atoms with Crippen LogP contribution in [0.1, 0.15) is 76.1 Å². The van der Waals surface area contributed by atoms with E-state index in [1.807, 2.05) is 70.2 Å². The van der Waals surface area contributed by atoms with Crippen molar-refractivity contribution < 1.29 is 23.8 Å². The molecule has 2 aromatic heterocycles. The SMILES string of the molecule is Cc1nc(NCc2ccccn2)c(-c2ccc(OCCc3ccc(F)cc3)cc2)c(N2CCC(C)(C)CC2)c1C(OC(C)(C)C)C(=O)O. The van der Waals surface area contributed by atoms with Gasteiger partial charge in [-0.1, -0.05) is 44.2 Å². The van der Waals surface area contributed by atoms with Crippen LogP contribution in [-0.4, -0.2) is 46.3 Å². The monoisotopic (exact) mass is 654 g/mol. The van der Waals surface area contributed by atoms with E-state index in [-0.39, 0.29) is 11.2 Å². The fourth-order valence-electron chi connectivity index (χ4n) is 6.00. The molecular weight excluding hydrogens is 607 g/mol. The lowest BCUT2D eigenvalue weighted by molar-refractivity contribution is -0.160. The Balaban J connectivity index is 1.59. The molecular formula is C39H47FN4O4. The molecule has 2 N–H and O–H groups in total. The van der Waals surface area contributed by atoms with Gasteiger partial charge in [-0.25, -0.2) is 14.2 Å². The van der Waals surface area contributed by atoms with Gasteiger partial charge in [0.1, 0.15) is 17.4 Å². The van der Waals surface area contributed by atoms with Gasteiger partial charge in [-0.2, -0.15) is 0 Å². The number of nitrogens with zero attached hydrogens (tertiary/aromatic N) is 3. The number of anilines is 2. The Morgan fingerprint density at radius 2 is 1.73 bits per heavy atom. The minimum atomic E-state index is -1.22. The average molecular weight is 655 g/mol. The standard InChI is InChI=1S/C39H47FN4O4/c1-26-32(35(37(45)46)48-38(2,3)4)34(44-22-19-39(5,6)20-23-44)33(36(43-26)42-25-30-9-7-8-21-41-30)28-12-16-31(17-13-28)47-24-18-27-10-14-29(40)15-11-27/h7-17,21,35H,18-20,22-25H2,1-6H3,(H,42,43)(H,45,46). The van der Waals surface area contributed by atoms with Crippen molar-refractivity contribution in [3.8, 4) is 16.9 Å². The number of ether oxygens (including phenoxy) is 2. The molecule has 1 atom stereocenters. The number of carbonyl (C=O) groups is 1. The van der Waals surface area contributed by atoms with E-state index in [1.54, 1.807) is 18.3 Å². The van der Waals surface area contributed by atoms with Crippen LogP contribution in [0, 0.1) is 18.2 Å².